The van der Waals surface area contributed by atoms with Gasteiger partial charge in [0.25, 0.3) is 0 Å². The van der Waals surface area contributed by atoms with Crippen molar-refractivity contribution < 1.29 is 9.47 Å². The molecule has 0 aliphatic carbocycles. The van der Waals surface area contributed by atoms with Crippen LogP contribution in [0, 0.1) is 5.92 Å². The second-order valence-electron chi connectivity index (χ2n) is 5.93. The Morgan fingerprint density at radius 3 is 1.82 bits per heavy atom. The molecule has 0 rings (SSSR count). The molecule has 0 aliphatic heterocycles. The maximum Gasteiger partial charge on any atom is 0.104 e. The Hall–Kier alpha value is -0.920. The first-order chi connectivity index (χ1) is 10.7. The van der Waals surface area contributed by atoms with Crippen LogP contribution in [0.2, 0.25) is 0 Å². The zero-order valence-corrected chi connectivity index (χ0v) is 15.8. The third-order valence-electron chi connectivity index (χ3n) is 4.41. The van der Waals surface area contributed by atoms with Crippen molar-refractivity contribution >= 4 is 0 Å². The standard InChI is InChI=1S/C20H38O2/c1-7-13-20(22-15-18(10-4)11-5)19(12-6)16-21-14-17(8-2)9-3/h14-15,19-20H,7-13,16H2,1-6H3. The van der Waals surface area contributed by atoms with Crippen molar-refractivity contribution in [3.63, 3.8) is 0 Å². The zero-order valence-electron chi connectivity index (χ0n) is 15.8. The Balaban J connectivity index is 4.65. The van der Waals surface area contributed by atoms with Gasteiger partial charge in [0, 0.05) is 5.92 Å². The molecule has 0 fully saturated rings. The molecule has 130 valence electrons. The van der Waals surface area contributed by atoms with Gasteiger partial charge in [0.1, 0.15) is 6.10 Å². The number of hydrogen-bond donors (Lipinski definition) is 0. The third-order valence-corrected chi connectivity index (χ3v) is 4.41. The molecule has 22 heavy (non-hydrogen) atoms. The minimum atomic E-state index is 0.267. The molecule has 2 unspecified atom stereocenters. The van der Waals surface area contributed by atoms with E-state index in [1.165, 1.54) is 11.1 Å². The van der Waals surface area contributed by atoms with Crippen LogP contribution in [0.5, 0.6) is 0 Å². The van der Waals surface area contributed by atoms with Gasteiger partial charge in [-0.3, -0.25) is 0 Å². The summed E-state index contributed by atoms with van der Waals surface area (Å²) < 4.78 is 12.0. The van der Waals surface area contributed by atoms with Crippen molar-refractivity contribution in [2.24, 2.45) is 5.92 Å². The Kier molecular flexibility index (Phi) is 13.1. The van der Waals surface area contributed by atoms with Crippen LogP contribution in [0.1, 0.15) is 86.5 Å². The summed E-state index contributed by atoms with van der Waals surface area (Å²) in [7, 11) is 0. The van der Waals surface area contributed by atoms with E-state index in [1.807, 2.05) is 12.5 Å². The smallest absolute Gasteiger partial charge is 0.104 e. The van der Waals surface area contributed by atoms with E-state index in [0.29, 0.717) is 5.92 Å². The van der Waals surface area contributed by atoms with Gasteiger partial charge in [-0.2, -0.15) is 0 Å². The van der Waals surface area contributed by atoms with Crippen molar-refractivity contribution in [1.82, 2.24) is 0 Å². The highest BCUT2D eigenvalue weighted by Crippen LogP contribution is 2.20. The lowest BCUT2D eigenvalue weighted by atomic mass is 9.96. The van der Waals surface area contributed by atoms with Gasteiger partial charge in [-0.15, -0.1) is 0 Å². The maximum atomic E-state index is 6.13. The highest BCUT2D eigenvalue weighted by Gasteiger charge is 2.20. The molecule has 0 saturated heterocycles. The summed E-state index contributed by atoms with van der Waals surface area (Å²) in [5.41, 5.74) is 2.76. The fourth-order valence-electron chi connectivity index (χ4n) is 2.49. The predicted molar refractivity (Wildman–Crippen MR) is 96.8 cm³/mol. The summed E-state index contributed by atoms with van der Waals surface area (Å²) in [5, 5.41) is 0. The fraction of sp³-hybridized carbons (Fsp3) is 0.800. The largest absolute Gasteiger partial charge is 0.501 e. The summed E-state index contributed by atoms with van der Waals surface area (Å²) in [6, 6.07) is 0. The topological polar surface area (TPSA) is 18.5 Å². The van der Waals surface area contributed by atoms with E-state index in [1.54, 1.807) is 0 Å². The highest BCUT2D eigenvalue weighted by molar-refractivity contribution is 4.96. The Labute approximate surface area is 139 Å². The molecule has 2 heteroatoms. The molecule has 0 bridgehead atoms. The molecule has 0 radical (unpaired) electrons. The van der Waals surface area contributed by atoms with Crippen LogP contribution in [0.15, 0.2) is 23.7 Å². The molecule has 0 saturated carbocycles. The molecular formula is C20H38O2. The molecular weight excluding hydrogens is 272 g/mol. The first-order valence-corrected chi connectivity index (χ1v) is 9.29. The van der Waals surface area contributed by atoms with Crippen molar-refractivity contribution in [2.75, 3.05) is 6.61 Å². The van der Waals surface area contributed by atoms with Crippen molar-refractivity contribution in [1.29, 1.82) is 0 Å². The zero-order chi connectivity index (χ0) is 16.8. The molecule has 0 heterocycles. The predicted octanol–water partition coefficient (Wildman–Crippen LogP) is 6.62. The van der Waals surface area contributed by atoms with E-state index in [-0.39, 0.29) is 6.10 Å². The van der Waals surface area contributed by atoms with Crippen molar-refractivity contribution in [3.8, 4) is 0 Å². The van der Waals surface area contributed by atoms with Gasteiger partial charge in [-0.1, -0.05) is 48.0 Å². The van der Waals surface area contributed by atoms with E-state index < -0.39 is 0 Å². The summed E-state index contributed by atoms with van der Waals surface area (Å²) in [4.78, 5) is 0. The lowest BCUT2D eigenvalue weighted by Crippen LogP contribution is -2.25. The van der Waals surface area contributed by atoms with Gasteiger partial charge in [0.05, 0.1) is 19.1 Å². The third kappa shape index (κ3) is 8.51. The van der Waals surface area contributed by atoms with Gasteiger partial charge < -0.3 is 9.47 Å². The minimum absolute atomic E-state index is 0.267. The summed E-state index contributed by atoms with van der Waals surface area (Å²) >= 11 is 0. The van der Waals surface area contributed by atoms with Gasteiger partial charge in [-0.25, -0.2) is 0 Å². The highest BCUT2D eigenvalue weighted by atomic mass is 16.5. The van der Waals surface area contributed by atoms with Gasteiger partial charge >= 0.3 is 0 Å². The lowest BCUT2D eigenvalue weighted by Gasteiger charge is -2.25. The van der Waals surface area contributed by atoms with Crippen LogP contribution in [0.4, 0.5) is 0 Å². The second-order valence-corrected chi connectivity index (χ2v) is 5.93. The summed E-state index contributed by atoms with van der Waals surface area (Å²) in [6.07, 6.45) is 11.8. The molecule has 0 aromatic rings. The second kappa shape index (κ2) is 13.7. The van der Waals surface area contributed by atoms with E-state index in [4.69, 9.17) is 9.47 Å². The molecule has 0 aliphatic rings. The first-order valence-electron chi connectivity index (χ1n) is 9.29. The first kappa shape index (κ1) is 21.1. The number of hydrogen-bond acceptors (Lipinski definition) is 2. The van der Waals surface area contributed by atoms with Gasteiger partial charge in [0.2, 0.25) is 0 Å². The number of allylic oxidation sites excluding steroid dienone is 2. The molecule has 2 atom stereocenters. The monoisotopic (exact) mass is 310 g/mol. The molecule has 0 amide bonds. The van der Waals surface area contributed by atoms with Crippen molar-refractivity contribution in [3.05, 3.63) is 23.7 Å². The van der Waals surface area contributed by atoms with Crippen LogP contribution < -0.4 is 0 Å². The SMILES string of the molecule is CCCC(OC=C(CC)CC)C(CC)COC=C(CC)CC. The lowest BCUT2D eigenvalue weighted by molar-refractivity contribution is 0.0373. The van der Waals surface area contributed by atoms with E-state index in [0.717, 1.165) is 51.6 Å². The van der Waals surface area contributed by atoms with Gasteiger partial charge in [0.15, 0.2) is 0 Å². The molecule has 0 aromatic heterocycles. The van der Waals surface area contributed by atoms with E-state index in [2.05, 4.69) is 41.5 Å². The molecule has 0 aromatic carbocycles. The normalized spacial score (nSPS) is 13.2. The average molecular weight is 311 g/mol. The Morgan fingerprint density at radius 2 is 1.36 bits per heavy atom. The van der Waals surface area contributed by atoms with Crippen LogP contribution in [0.3, 0.4) is 0 Å². The van der Waals surface area contributed by atoms with Crippen LogP contribution in [0.25, 0.3) is 0 Å². The maximum absolute atomic E-state index is 6.13. The van der Waals surface area contributed by atoms with Crippen LogP contribution in [-0.4, -0.2) is 12.7 Å². The average Bonchev–Trinajstić information content (AvgIpc) is 2.55. The molecule has 0 spiro atoms. The molecule has 2 nitrogen and oxygen atoms in total. The summed E-state index contributed by atoms with van der Waals surface area (Å²) in [6.45, 7) is 14.0. The van der Waals surface area contributed by atoms with E-state index >= 15 is 0 Å². The van der Waals surface area contributed by atoms with Crippen LogP contribution in [-0.2, 0) is 9.47 Å². The quantitative estimate of drug-likeness (QED) is 0.356. The van der Waals surface area contributed by atoms with Crippen molar-refractivity contribution in [2.45, 2.75) is 92.6 Å². The van der Waals surface area contributed by atoms with E-state index in [9.17, 15) is 0 Å². The minimum Gasteiger partial charge on any atom is -0.501 e. The fourth-order valence-corrected chi connectivity index (χ4v) is 2.49. The molecule has 0 N–H and O–H groups in total. The van der Waals surface area contributed by atoms with Crippen LogP contribution >= 0.6 is 0 Å². The summed E-state index contributed by atoms with van der Waals surface area (Å²) in [5.74, 6) is 0.456. The number of rotatable bonds is 13. The number of ether oxygens (including phenoxy) is 2. The Morgan fingerprint density at radius 1 is 0.818 bits per heavy atom. The van der Waals surface area contributed by atoms with Gasteiger partial charge in [-0.05, 0) is 49.7 Å². The Bertz CT molecular complexity index is 306.